The van der Waals surface area contributed by atoms with Crippen molar-refractivity contribution in [3.05, 3.63) is 24.3 Å². The van der Waals surface area contributed by atoms with Crippen LogP contribution in [0.1, 0.15) is 71.1 Å². The van der Waals surface area contributed by atoms with E-state index in [2.05, 4.69) is 31.2 Å². The molecular weight excluding hydrogens is 370 g/mol. The van der Waals surface area contributed by atoms with E-state index in [1.807, 2.05) is 21.1 Å². The highest BCUT2D eigenvalue weighted by Crippen LogP contribution is 2.12. The van der Waals surface area contributed by atoms with Crippen molar-refractivity contribution in [3.63, 3.8) is 0 Å². The molecule has 0 heterocycles. The van der Waals surface area contributed by atoms with Crippen LogP contribution in [0.5, 0.6) is 0 Å². The van der Waals surface area contributed by atoms with E-state index in [1.165, 1.54) is 6.42 Å². The number of carbonyl (C=O) groups excluding carboxylic acids is 1. The molecule has 168 valence electrons. The van der Waals surface area contributed by atoms with Gasteiger partial charge in [-0.3, -0.25) is 9.59 Å². The third-order valence-electron chi connectivity index (χ3n) is 4.32. The average Bonchev–Trinajstić information content (AvgIpc) is 2.57. The van der Waals surface area contributed by atoms with E-state index >= 15 is 0 Å². The summed E-state index contributed by atoms with van der Waals surface area (Å²) >= 11 is 0. The van der Waals surface area contributed by atoms with Gasteiger partial charge in [-0.1, -0.05) is 50.5 Å². The predicted molar refractivity (Wildman–Crippen MR) is 117 cm³/mol. The molecule has 0 spiro atoms. The van der Waals surface area contributed by atoms with Crippen molar-refractivity contribution in [3.8, 4) is 0 Å². The third-order valence-corrected chi connectivity index (χ3v) is 4.32. The van der Waals surface area contributed by atoms with Gasteiger partial charge in [-0.05, 0) is 32.1 Å². The average molecular weight is 413 g/mol. The first kappa shape index (κ1) is 27.3. The first-order chi connectivity index (χ1) is 13.6. The third kappa shape index (κ3) is 19.4. The van der Waals surface area contributed by atoms with E-state index in [9.17, 15) is 14.7 Å². The van der Waals surface area contributed by atoms with Crippen LogP contribution in [-0.4, -0.2) is 66.5 Å². The first-order valence-electron chi connectivity index (χ1n) is 10.8. The van der Waals surface area contributed by atoms with E-state index in [4.69, 9.17) is 9.84 Å². The summed E-state index contributed by atoms with van der Waals surface area (Å²) in [5.74, 6) is -1.53. The second-order valence-corrected chi connectivity index (χ2v) is 8.65. The van der Waals surface area contributed by atoms with E-state index < -0.39 is 24.1 Å². The zero-order chi connectivity index (χ0) is 22.1. The fourth-order valence-corrected chi connectivity index (χ4v) is 2.97. The topological polar surface area (TPSA) is 83.8 Å². The van der Waals surface area contributed by atoms with E-state index in [0.29, 0.717) is 17.4 Å². The molecule has 2 unspecified atom stereocenters. The van der Waals surface area contributed by atoms with E-state index in [1.54, 1.807) is 0 Å². The molecule has 0 saturated carbocycles. The Morgan fingerprint density at radius 2 is 1.62 bits per heavy atom. The quantitative estimate of drug-likeness (QED) is 0.163. The number of nitrogens with zero attached hydrogens (tertiary/aromatic N) is 1. The number of carboxylic acids is 1. The lowest BCUT2D eigenvalue weighted by molar-refractivity contribution is -0.873. The lowest BCUT2D eigenvalue weighted by atomic mass is 10.1. The molecule has 0 aromatic carbocycles. The Kier molecular flexibility index (Phi) is 15.2. The molecule has 0 aliphatic heterocycles. The number of carbonyl (C=O) groups is 2. The molecule has 29 heavy (non-hydrogen) atoms. The van der Waals surface area contributed by atoms with Crippen molar-refractivity contribution in [1.82, 2.24) is 0 Å². The number of esters is 1. The Bertz CT molecular complexity index is 508. The summed E-state index contributed by atoms with van der Waals surface area (Å²) in [5.41, 5.74) is 0. The van der Waals surface area contributed by atoms with Gasteiger partial charge in [-0.15, -0.1) is 0 Å². The fourth-order valence-electron chi connectivity index (χ4n) is 2.97. The Hall–Kier alpha value is -1.66. The van der Waals surface area contributed by atoms with Crippen LogP contribution >= 0.6 is 0 Å². The number of carboxylic acid groups (broad SMARTS) is 1. The standard InChI is InChI=1S/C23H41NO5/c1-5-6-7-8-9-10-11-12-13-14-15-16-20(25)17-23(28)29-21(18-22(26)27)19-24(2,3)4/h7-8,10-11,20-21,25H,5-6,9,12-19H2,1-4H3/p+1/b8-7-,11-10-. The maximum Gasteiger partial charge on any atom is 0.308 e. The van der Waals surface area contributed by atoms with Gasteiger partial charge in [0.15, 0.2) is 6.10 Å². The molecule has 2 N–H and O–H groups in total. The summed E-state index contributed by atoms with van der Waals surface area (Å²) in [6.45, 7) is 2.58. The minimum absolute atomic E-state index is 0.0861. The van der Waals surface area contributed by atoms with Crippen molar-refractivity contribution < 1.29 is 29.0 Å². The maximum absolute atomic E-state index is 12.0. The molecule has 6 heteroatoms. The van der Waals surface area contributed by atoms with Gasteiger partial charge in [0.25, 0.3) is 0 Å². The van der Waals surface area contributed by atoms with Crippen LogP contribution in [0.2, 0.25) is 0 Å². The van der Waals surface area contributed by atoms with Gasteiger partial charge >= 0.3 is 11.9 Å². The Morgan fingerprint density at radius 1 is 0.966 bits per heavy atom. The van der Waals surface area contributed by atoms with Gasteiger partial charge < -0.3 is 19.4 Å². The van der Waals surface area contributed by atoms with Crippen LogP contribution in [0.25, 0.3) is 0 Å². The zero-order valence-electron chi connectivity index (χ0n) is 18.8. The summed E-state index contributed by atoms with van der Waals surface area (Å²) in [6, 6.07) is 0. The molecule has 0 rings (SSSR count). The molecule has 0 saturated heterocycles. The molecule has 6 nitrogen and oxygen atoms in total. The summed E-state index contributed by atoms with van der Waals surface area (Å²) < 4.78 is 5.80. The molecule has 0 aromatic rings. The summed E-state index contributed by atoms with van der Waals surface area (Å²) in [6.07, 6.45) is 14.9. The normalized spacial score (nSPS) is 14.4. The number of unbranched alkanes of at least 4 members (excludes halogenated alkanes) is 4. The Balaban J connectivity index is 3.97. The number of quaternary nitrogens is 1. The highest BCUT2D eigenvalue weighted by molar-refractivity contribution is 5.71. The number of aliphatic hydroxyl groups excluding tert-OH is 1. The largest absolute Gasteiger partial charge is 0.481 e. The molecule has 0 bridgehead atoms. The van der Waals surface area contributed by atoms with E-state index in [-0.39, 0.29) is 12.8 Å². The van der Waals surface area contributed by atoms with Crippen molar-refractivity contribution in [1.29, 1.82) is 0 Å². The number of hydrogen-bond acceptors (Lipinski definition) is 4. The summed E-state index contributed by atoms with van der Waals surface area (Å²) in [4.78, 5) is 23.0. The number of aliphatic hydroxyl groups is 1. The molecule has 0 aliphatic rings. The van der Waals surface area contributed by atoms with Crippen molar-refractivity contribution in [2.75, 3.05) is 27.7 Å². The van der Waals surface area contributed by atoms with Gasteiger partial charge in [0.1, 0.15) is 6.54 Å². The number of rotatable bonds is 17. The molecule has 0 amide bonds. The van der Waals surface area contributed by atoms with Gasteiger partial charge in [-0.25, -0.2) is 0 Å². The molecule has 0 radical (unpaired) electrons. The smallest absolute Gasteiger partial charge is 0.308 e. The minimum Gasteiger partial charge on any atom is -0.481 e. The lowest BCUT2D eigenvalue weighted by Gasteiger charge is -2.28. The minimum atomic E-state index is -0.997. The summed E-state index contributed by atoms with van der Waals surface area (Å²) in [5, 5.41) is 19.0. The number of ether oxygens (including phenoxy) is 1. The SMILES string of the molecule is CCC/C=C\C/C=C\CCCCCC(O)CC(=O)OC(CC(=O)O)C[N+](C)(C)C. The van der Waals surface area contributed by atoms with E-state index in [0.717, 1.165) is 38.5 Å². The van der Waals surface area contributed by atoms with Gasteiger partial charge in [0, 0.05) is 0 Å². The van der Waals surface area contributed by atoms with Crippen molar-refractivity contribution in [2.45, 2.75) is 83.3 Å². The predicted octanol–water partition coefficient (Wildman–Crippen LogP) is 4.08. The molecular formula is C23H42NO5+. The first-order valence-corrected chi connectivity index (χ1v) is 10.8. The van der Waals surface area contributed by atoms with Crippen LogP contribution in [0.15, 0.2) is 24.3 Å². The highest BCUT2D eigenvalue weighted by Gasteiger charge is 2.25. The highest BCUT2D eigenvalue weighted by atomic mass is 16.5. The maximum atomic E-state index is 12.0. The number of allylic oxidation sites excluding steroid dienone is 4. The second-order valence-electron chi connectivity index (χ2n) is 8.65. The molecule has 0 aliphatic carbocycles. The van der Waals surface area contributed by atoms with Gasteiger partial charge in [0.05, 0.1) is 40.1 Å². The Labute approximate surface area is 176 Å². The summed E-state index contributed by atoms with van der Waals surface area (Å²) in [7, 11) is 5.74. The lowest BCUT2D eigenvalue weighted by Crippen LogP contribution is -2.44. The van der Waals surface area contributed by atoms with Crippen LogP contribution in [0.3, 0.4) is 0 Å². The second kappa shape index (κ2) is 16.2. The Morgan fingerprint density at radius 3 is 2.21 bits per heavy atom. The fraction of sp³-hybridized carbons (Fsp3) is 0.739. The number of likely N-dealkylation sites (N-methyl/N-ethyl adjacent to an activating group) is 1. The van der Waals surface area contributed by atoms with Crippen molar-refractivity contribution in [2.24, 2.45) is 0 Å². The van der Waals surface area contributed by atoms with Crippen LogP contribution < -0.4 is 0 Å². The number of hydrogen-bond donors (Lipinski definition) is 2. The van der Waals surface area contributed by atoms with Crippen LogP contribution in [0.4, 0.5) is 0 Å². The monoisotopic (exact) mass is 412 g/mol. The van der Waals surface area contributed by atoms with Gasteiger partial charge in [-0.2, -0.15) is 0 Å². The number of aliphatic carboxylic acids is 1. The molecule has 2 atom stereocenters. The van der Waals surface area contributed by atoms with Crippen LogP contribution in [0, 0.1) is 0 Å². The van der Waals surface area contributed by atoms with Crippen LogP contribution in [-0.2, 0) is 14.3 Å². The molecule has 0 fully saturated rings. The van der Waals surface area contributed by atoms with Crippen molar-refractivity contribution >= 4 is 11.9 Å². The van der Waals surface area contributed by atoms with Gasteiger partial charge in [0.2, 0.25) is 0 Å². The zero-order valence-corrected chi connectivity index (χ0v) is 18.8. The molecule has 0 aromatic heterocycles.